The third-order valence-corrected chi connectivity index (χ3v) is 9.02. The summed E-state index contributed by atoms with van der Waals surface area (Å²) in [5, 5.41) is 0. The molecule has 5 aromatic rings. The molecule has 2 aromatic carbocycles. The van der Waals surface area contributed by atoms with Crippen LogP contribution in [0.5, 0.6) is 0 Å². The minimum Gasteiger partial charge on any atom is -0.657 e. The second-order valence-electron chi connectivity index (χ2n) is 12.5. The van der Waals surface area contributed by atoms with E-state index >= 15 is 0 Å². The van der Waals surface area contributed by atoms with Crippen LogP contribution in [-0.4, -0.2) is 33.1 Å². The summed E-state index contributed by atoms with van der Waals surface area (Å²) < 4.78 is 0. The van der Waals surface area contributed by atoms with Gasteiger partial charge in [0.05, 0.1) is 28.7 Å². The molecule has 2 aliphatic heterocycles. The molecule has 8 bridgehead atoms. The summed E-state index contributed by atoms with van der Waals surface area (Å²) in [5.74, 6) is -3.41. The van der Waals surface area contributed by atoms with Gasteiger partial charge in [-0.3, -0.25) is 19.2 Å². The van der Waals surface area contributed by atoms with Crippen LogP contribution in [0.3, 0.4) is 0 Å². The van der Waals surface area contributed by atoms with Crippen molar-refractivity contribution in [2.24, 2.45) is 0 Å². The van der Waals surface area contributed by atoms with E-state index in [9.17, 15) is 19.2 Å². The Morgan fingerprint density at radius 3 is 1.16 bits per heavy atom. The summed E-state index contributed by atoms with van der Waals surface area (Å²) >= 11 is 0. The quantitative estimate of drug-likeness (QED) is 0.116. The summed E-state index contributed by atoms with van der Waals surface area (Å²) in [6, 6.07) is 26.6. The number of carbonyl (C=O) groups excluding carboxylic acids is 4. The smallest absolute Gasteiger partial charge is 0.657 e. The van der Waals surface area contributed by atoms with Crippen LogP contribution in [0.25, 0.3) is 68.6 Å². The standard InChI is InChI=1S/C42H32N4O4.Ni/c1-23(47)37(24(2)48)41-33-19-15-29(43-33)39(27-11-7-5-8-12-27)31-17-21-35(45-31)42(38(25(3)49)26(4)50)36-22-18-32(46-36)40(28-13-9-6-10-14-28)30-16-20-34(41)44-30;/h5-22,37-38H,1-4H3;/q-2;+2. The number of Topliss-reactive ketones (excluding diaryl/α,β-unsaturated/α-hetero) is 4. The van der Waals surface area contributed by atoms with Crippen LogP contribution in [0.2, 0.25) is 0 Å². The SMILES string of the molecule is CC(=O)C(C(C)=O)c1c2nc(c(-c3ccccc3)c3ccc([n-]3)c(C(C(C)=O)C(C)=O)c3ccc([n-]3)c(-c3ccccc3)c3nc1C=C3)C=C2.[Ni+2]. The maximum atomic E-state index is 13.1. The minimum absolute atomic E-state index is 0. The summed E-state index contributed by atoms with van der Waals surface area (Å²) in [5.41, 5.74) is 7.97. The van der Waals surface area contributed by atoms with Gasteiger partial charge in [-0.05, 0) is 74.3 Å². The number of ketones is 4. The molecular formula is C42H32N4NiO4. The van der Waals surface area contributed by atoms with Gasteiger partial charge in [-0.25, -0.2) is 9.97 Å². The van der Waals surface area contributed by atoms with Crippen molar-refractivity contribution < 1.29 is 35.7 Å². The van der Waals surface area contributed by atoms with Crippen LogP contribution < -0.4 is 9.97 Å². The molecule has 0 unspecified atom stereocenters. The Bertz CT molecular complexity index is 2290. The first kappa shape index (κ1) is 35.1. The molecule has 0 saturated carbocycles. The zero-order chi connectivity index (χ0) is 35.1. The predicted molar refractivity (Wildman–Crippen MR) is 196 cm³/mol. The Hall–Kier alpha value is -5.79. The first-order chi connectivity index (χ1) is 24.1. The fraction of sp³-hybridized carbons (Fsp3) is 0.143. The van der Waals surface area contributed by atoms with Gasteiger partial charge in [0.2, 0.25) is 0 Å². The molecule has 254 valence electrons. The molecule has 0 fully saturated rings. The Balaban J connectivity index is 0.00000448. The second kappa shape index (κ2) is 14.2. The second-order valence-corrected chi connectivity index (χ2v) is 12.5. The molecule has 5 heterocycles. The first-order valence-corrected chi connectivity index (χ1v) is 16.3. The number of carbonyl (C=O) groups is 4. The van der Waals surface area contributed by atoms with Crippen molar-refractivity contribution >= 4 is 69.5 Å². The first-order valence-electron chi connectivity index (χ1n) is 16.3. The van der Waals surface area contributed by atoms with Crippen LogP contribution in [0, 0.1) is 0 Å². The molecule has 0 atom stereocenters. The molecule has 51 heavy (non-hydrogen) atoms. The number of fused-ring (bicyclic) bond motifs is 8. The van der Waals surface area contributed by atoms with Gasteiger partial charge in [-0.15, -0.1) is 22.1 Å². The van der Waals surface area contributed by atoms with E-state index in [1.807, 2.05) is 84.9 Å². The molecule has 0 radical (unpaired) electrons. The molecular weight excluding hydrogens is 683 g/mol. The molecule has 0 amide bonds. The van der Waals surface area contributed by atoms with E-state index in [1.165, 1.54) is 27.7 Å². The van der Waals surface area contributed by atoms with Crippen LogP contribution in [0.15, 0.2) is 84.9 Å². The largest absolute Gasteiger partial charge is 2.00 e. The van der Waals surface area contributed by atoms with Gasteiger partial charge in [0, 0.05) is 5.56 Å². The van der Waals surface area contributed by atoms with Gasteiger partial charge in [-0.2, -0.15) is 0 Å². The summed E-state index contributed by atoms with van der Waals surface area (Å²) in [6.07, 6.45) is 7.29. The van der Waals surface area contributed by atoms with Gasteiger partial charge < -0.3 is 9.97 Å². The number of aromatic nitrogens is 4. The van der Waals surface area contributed by atoms with Crippen molar-refractivity contribution in [2.75, 3.05) is 0 Å². The molecule has 0 spiro atoms. The van der Waals surface area contributed by atoms with Crippen LogP contribution in [-0.2, 0) is 35.7 Å². The topological polar surface area (TPSA) is 122 Å². The normalized spacial score (nSPS) is 11.9. The Morgan fingerprint density at radius 1 is 0.451 bits per heavy atom. The van der Waals surface area contributed by atoms with Gasteiger partial charge in [0.15, 0.2) is 0 Å². The predicted octanol–water partition coefficient (Wildman–Crippen LogP) is 7.77. The third-order valence-electron chi connectivity index (χ3n) is 9.02. The van der Waals surface area contributed by atoms with Crippen LogP contribution in [0.1, 0.15) is 73.4 Å². The van der Waals surface area contributed by atoms with Gasteiger partial charge in [-0.1, -0.05) is 90.5 Å². The average molecular weight is 715 g/mol. The molecule has 0 N–H and O–H groups in total. The molecule has 2 aliphatic rings. The maximum absolute atomic E-state index is 13.1. The third kappa shape index (κ3) is 6.49. The maximum Gasteiger partial charge on any atom is 2.00 e. The van der Waals surface area contributed by atoms with Crippen molar-refractivity contribution in [1.29, 1.82) is 0 Å². The molecule has 0 aliphatic carbocycles. The van der Waals surface area contributed by atoms with Crippen LogP contribution >= 0.6 is 0 Å². The fourth-order valence-electron chi connectivity index (χ4n) is 6.91. The molecule has 3 aromatic heterocycles. The Labute approximate surface area is 304 Å². The monoisotopic (exact) mass is 714 g/mol. The molecule has 8 nitrogen and oxygen atoms in total. The number of nitrogens with zero attached hydrogens (tertiary/aromatic N) is 4. The van der Waals surface area contributed by atoms with Gasteiger partial charge in [0.1, 0.15) is 29.1 Å². The van der Waals surface area contributed by atoms with E-state index in [0.29, 0.717) is 67.1 Å². The zero-order valence-electron chi connectivity index (χ0n) is 28.3. The molecule has 0 saturated heterocycles. The van der Waals surface area contributed by atoms with E-state index in [4.69, 9.17) is 19.9 Å². The van der Waals surface area contributed by atoms with Crippen molar-refractivity contribution in [1.82, 2.24) is 19.9 Å². The number of benzene rings is 2. The van der Waals surface area contributed by atoms with Gasteiger partial charge in [0.25, 0.3) is 0 Å². The number of hydrogen-bond acceptors (Lipinski definition) is 6. The summed E-state index contributed by atoms with van der Waals surface area (Å²) in [6.45, 7) is 5.62. The van der Waals surface area contributed by atoms with Crippen molar-refractivity contribution in [3.63, 3.8) is 0 Å². The zero-order valence-corrected chi connectivity index (χ0v) is 29.3. The Morgan fingerprint density at radius 2 is 0.784 bits per heavy atom. The summed E-state index contributed by atoms with van der Waals surface area (Å²) in [4.78, 5) is 72.6. The van der Waals surface area contributed by atoms with E-state index in [0.717, 1.165) is 11.1 Å². The van der Waals surface area contributed by atoms with Crippen molar-refractivity contribution in [2.45, 2.75) is 39.5 Å². The van der Waals surface area contributed by atoms with Crippen molar-refractivity contribution in [3.8, 4) is 22.3 Å². The molecule has 9 heteroatoms. The fourth-order valence-corrected chi connectivity index (χ4v) is 6.91. The van der Waals surface area contributed by atoms with E-state index in [2.05, 4.69) is 0 Å². The van der Waals surface area contributed by atoms with E-state index < -0.39 is 11.8 Å². The average Bonchev–Trinajstić information content (AvgIpc) is 3.92. The minimum atomic E-state index is -1.08. The van der Waals surface area contributed by atoms with E-state index in [1.54, 1.807) is 24.3 Å². The number of rotatable bonds is 8. The van der Waals surface area contributed by atoms with Crippen LogP contribution in [0.4, 0.5) is 0 Å². The van der Waals surface area contributed by atoms with E-state index in [-0.39, 0.29) is 39.6 Å². The van der Waals surface area contributed by atoms with Crippen molar-refractivity contribution in [3.05, 3.63) is 119 Å². The molecule has 7 rings (SSSR count). The Kier molecular flexibility index (Phi) is 9.77. The van der Waals surface area contributed by atoms with Gasteiger partial charge >= 0.3 is 16.5 Å². The summed E-state index contributed by atoms with van der Waals surface area (Å²) in [7, 11) is 0. The number of hydrogen-bond donors (Lipinski definition) is 0.